The van der Waals surface area contributed by atoms with Crippen molar-refractivity contribution < 1.29 is 9.18 Å². The molecule has 1 unspecified atom stereocenters. The Kier molecular flexibility index (Phi) is 11.8. The third kappa shape index (κ3) is 8.25. The highest BCUT2D eigenvalue weighted by Gasteiger charge is 2.21. The van der Waals surface area contributed by atoms with Gasteiger partial charge in [0.1, 0.15) is 5.82 Å². The van der Waals surface area contributed by atoms with Crippen LogP contribution in [0.3, 0.4) is 0 Å². The number of pyridine rings is 1. The number of thioether (sulfide) groups is 1. The number of nitrogens with one attached hydrogen (secondary N) is 1. The highest BCUT2D eigenvalue weighted by Crippen LogP contribution is 2.28. The maximum Gasteiger partial charge on any atom is 0.237 e. The Labute approximate surface area is 185 Å². The van der Waals surface area contributed by atoms with Gasteiger partial charge in [-0.1, -0.05) is 71.6 Å². The normalized spacial score (nSPS) is 12.2. The number of nitrogens with zero attached hydrogens (tertiary/aromatic N) is 1. The van der Waals surface area contributed by atoms with Crippen molar-refractivity contribution in [1.29, 1.82) is 0 Å². The number of halogens is 1. The van der Waals surface area contributed by atoms with Crippen LogP contribution in [0.25, 0.3) is 10.9 Å². The first-order valence-corrected chi connectivity index (χ1v) is 12.7. The average molecular weight is 433 g/mol. The predicted octanol–water partition coefficient (Wildman–Crippen LogP) is 7.75. The Morgan fingerprint density at radius 1 is 1.00 bits per heavy atom. The van der Waals surface area contributed by atoms with Crippen LogP contribution >= 0.6 is 11.8 Å². The van der Waals surface area contributed by atoms with E-state index in [9.17, 15) is 9.18 Å². The number of unbranched alkanes of at least 4 members (excludes halogenated alkanes) is 8. The number of aromatic nitrogens is 1. The molecule has 0 aliphatic heterocycles. The number of anilines is 1. The third-order valence-electron chi connectivity index (χ3n) is 5.41. The second kappa shape index (κ2) is 14.4. The van der Waals surface area contributed by atoms with Crippen LogP contribution in [0.2, 0.25) is 0 Å². The van der Waals surface area contributed by atoms with Crippen molar-refractivity contribution in [2.75, 3.05) is 11.1 Å². The van der Waals surface area contributed by atoms with Crippen molar-refractivity contribution >= 4 is 34.3 Å². The van der Waals surface area contributed by atoms with Crippen LogP contribution < -0.4 is 5.32 Å². The van der Waals surface area contributed by atoms with Crippen LogP contribution in [0.1, 0.15) is 84.5 Å². The summed E-state index contributed by atoms with van der Waals surface area (Å²) in [6.07, 6.45) is 14.5. The molecule has 30 heavy (non-hydrogen) atoms. The molecule has 0 saturated carbocycles. The first kappa shape index (κ1) is 24.6. The molecule has 166 valence electrons. The van der Waals surface area contributed by atoms with Crippen LogP contribution in [0.5, 0.6) is 0 Å². The minimum Gasteiger partial charge on any atom is -0.322 e. The van der Waals surface area contributed by atoms with Gasteiger partial charge in [-0.3, -0.25) is 9.78 Å². The summed E-state index contributed by atoms with van der Waals surface area (Å²) in [4.78, 5) is 17.4. The fraction of sp³-hybridized carbons (Fsp3) is 0.600. The molecule has 0 spiro atoms. The molecule has 0 aliphatic rings. The molecule has 0 fully saturated rings. The Morgan fingerprint density at radius 2 is 1.70 bits per heavy atom. The summed E-state index contributed by atoms with van der Waals surface area (Å²) in [6, 6.07) is 6.61. The van der Waals surface area contributed by atoms with E-state index in [1.807, 2.05) is 6.07 Å². The molecule has 2 aromatic rings. The molecular formula is C25H37FN2OS. The van der Waals surface area contributed by atoms with Gasteiger partial charge in [-0.2, -0.15) is 0 Å². The molecule has 1 aromatic carbocycles. The molecule has 0 bridgehead atoms. The number of rotatable bonds is 15. The van der Waals surface area contributed by atoms with E-state index < -0.39 is 5.82 Å². The minimum absolute atomic E-state index is 0.0840. The van der Waals surface area contributed by atoms with Crippen LogP contribution in [-0.2, 0) is 4.79 Å². The first-order chi connectivity index (χ1) is 14.7. The lowest BCUT2D eigenvalue weighted by Gasteiger charge is -2.18. The van der Waals surface area contributed by atoms with Gasteiger partial charge in [0.15, 0.2) is 0 Å². The lowest BCUT2D eigenvalue weighted by atomic mass is 10.1. The number of fused-ring (bicyclic) bond motifs is 1. The standard InChI is InChI=1S/C25H37FN2OS/c1-3-5-7-9-10-11-15-23(30-19-12-8-6-4-2)25(29)28-24-20-14-13-18-27-22(20)17-16-21(24)26/h13-14,16-18,23H,3-12,15,19H2,1-2H3,(H,28,29). The molecule has 1 atom stereocenters. The zero-order chi connectivity index (χ0) is 21.6. The molecule has 0 radical (unpaired) electrons. The summed E-state index contributed by atoms with van der Waals surface area (Å²) < 4.78 is 14.5. The van der Waals surface area contributed by atoms with E-state index in [0.717, 1.165) is 31.4 Å². The van der Waals surface area contributed by atoms with E-state index in [2.05, 4.69) is 24.1 Å². The maximum absolute atomic E-state index is 14.5. The van der Waals surface area contributed by atoms with Crippen molar-refractivity contribution in [2.24, 2.45) is 0 Å². The molecule has 1 heterocycles. The maximum atomic E-state index is 14.5. The topological polar surface area (TPSA) is 42.0 Å². The molecule has 1 aromatic heterocycles. The molecular weight excluding hydrogens is 395 g/mol. The highest BCUT2D eigenvalue weighted by atomic mass is 32.2. The quantitative estimate of drug-likeness (QED) is 0.293. The third-order valence-corrected chi connectivity index (χ3v) is 6.79. The number of carbonyl (C=O) groups excluding carboxylic acids is 1. The molecule has 3 nitrogen and oxygen atoms in total. The number of hydrogen-bond acceptors (Lipinski definition) is 3. The zero-order valence-corrected chi connectivity index (χ0v) is 19.4. The average Bonchev–Trinajstić information content (AvgIpc) is 2.76. The molecule has 2 rings (SSSR count). The van der Waals surface area contributed by atoms with E-state index in [-0.39, 0.29) is 16.8 Å². The van der Waals surface area contributed by atoms with Crippen molar-refractivity contribution in [3.05, 3.63) is 36.3 Å². The zero-order valence-electron chi connectivity index (χ0n) is 18.6. The van der Waals surface area contributed by atoms with Gasteiger partial charge in [-0.05, 0) is 42.9 Å². The summed E-state index contributed by atoms with van der Waals surface area (Å²) in [5.74, 6) is 0.488. The number of benzene rings is 1. The molecule has 0 aliphatic carbocycles. The van der Waals surface area contributed by atoms with Gasteiger partial charge in [0.05, 0.1) is 16.5 Å². The van der Waals surface area contributed by atoms with Gasteiger partial charge in [-0.25, -0.2) is 4.39 Å². The molecule has 1 amide bonds. The van der Waals surface area contributed by atoms with Crippen LogP contribution in [0.4, 0.5) is 10.1 Å². The van der Waals surface area contributed by atoms with Gasteiger partial charge < -0.3 is 5.32 Å². The minimum atomic E-state index is -0.407. The van der Waals surface area contributed by atoms with Crippen molar-refractivity contribution in [2.45, 2.75) is 89.7 Å². The second-order valence-electron chi connectivity index (χ2n) is 7.96. The number of amides is 1. The van der Waals surface area contributed by atoms with Crippen LogP contribution in [0, 0.1) is 5.82 Å². The Hall–Kier alpha value is -1.62. The van der Waals surface area contributed by atoms with Crippen molar-refractivity contribution in [1.82, 2.24) is 4.98 Å². The van der Waals surface area contributed by atoms with Crippen molar-refractivity contribution in [3.8, 4) is 0 Å². The van der Waals surface area contributed by atoms with Gasteiger partial charge in [0, 0.05) is 11.6 Å². The molecule has 0 saturated heterocycles. The van der Waals surface area contributed by atoms with E-state index in [1.54, 1.807) is 30.1 Å². The first-order valence-electron chi connectivity index (χ1n) is 11.6. The SMILES string of the molecule is CCCCCCCCC(SCCCCCC)C(=O)Nc1c(F)ccc2ncccc12. The second-order valence-corrected chi connectivity index (χ2v) is 9.27. The monoisotopic (exact) mass is 432 g/mol. The van der Waals surface area contributed by atoms with Crippen LogP contribution in [0.15, 0.2) is 30.5 Å². The van der Waals surface area contributed by atoms with Crippen molar-refractivity contribution in [3.63, 3.8) is 0 Å². The fourth-order valence-electron chi connectivity index (χ4n) is 3.61. The predicted molar refractivity (Wildman–Crippen MR) is 129 cm³/mol. The van der Waals surface area contributed by atoms with Gasteiger partial charge in [0.25, 0.3) is 0 Å². The van der Waals surface area contributed by atoms with E-state index >= 15 is 0 Å². The van der Waals surface area contributed by atoms with E-state index in [0.29, 0.717) is 10.9 Å². The summed E-state index contributed by atoms with van der Waals surface area (Å²) in [6.45, 7) is 4.42. The summed E-state index contributed by atoms with van der Waals surface area (Å²) in [5.41, 5.74) is 0.944. The highest BCUT2D eigenvalue weighted by molar-refractivity contribution is 8.00. The lowest BCUT2D eigenvalue weighted by Crippen LogP contribution is -2.26. The molecule has 1 N–H and O–H groups in total. The molecule has 5 heteroatoms. The van der Waals surface area contributed by atoms with Gasteiger partial charge in [0.2, 0.25) is 5.91 Å². The summed E-state index contributed by atoms with van der Waals surface area (Å²) >= 11 is 1.73. The smallest absolute Gasteiger partial charge is 0.237 e. The summed E-state index contributed by atoms with van der Waals surface area (Å²) in [7, 11) is 0. The van der Waals surface area contributed by atoms with Crippen LogP contribution in [-0.4, -0.2) is 21.9 Å². The van der Waals surface area contributed by atoms with E-state index in [1.165, 1.54) is 51.0 Å². The number of hydrogen-bond donors (Lipinski definition) is 1. The number of carbonyl (C=O) groups is 1. The fourth-order valence-corrected chi connectivity index (χ4v) is 4.81. The Balaban J connectivity index is 1.99. The summed E-state index contributed by atoms with van der Waals surface area (Å²) in [5, 5.41) is 3.41. The van der Waals surface area contributed by atoms with E-state index in [4.69, 9.17) is 0 Å². The lowest BCUT2D eigenvalue weighted by molar-refractivity contribution is -0.115. The van der Waals surface area contributed by atoms with Gasteiger partial charge >= 0.3 is 0 Å². The largest absolute Gasteiger partial charge is 0.322 e. The Morgan fingerprint density at radius 3 is 2.47 bits per heavy atom. The van der Waals surface area contributed by atoms with Gasteiger partial charge in [-0.15, -0.1) is 11.8 Å². The Bertz CT molecular complexity index is 768.